The maximum Gasteiger partial charge on any atom is 0.160 e. The molecule has 0 radical (unpaired) electrons. The van der Waals surface area contributed by atoms with E-state index >= 15 is 0 Å². The van der Waals surface area contributed by atoms with Crippen molar-refractivity contribution in [2.45, 2.75) is 19.4 Å². The summed E-state index contributed by atoms with van der Waals surface area (Å²) in [5.74, 6) is -0.319. The molecule has 1 atom stereocenters. The molecule has 0 heterocycles. The lowest BCUT2D eigenvalue weighted by molar-refractivity contribution is -0.123. The molecule has 0 amide bonds. The van der Waals surface area contributed by atoms with Gasteiger partial charge in [-0.05, 0) is 6.92 Å². The van der Waals surface area contributed by atoms with Gasteiger partial charge in [-0.3, -0.25) is 4.79 Å². The van der Waals surface area contributed by atoms with Crippen molar-refractivity contribution >= 4 is 5.78 Å². The lowest BCUT2D eigenvalue weighted by Crippen LogP contribution is -2.12. The average molecular weight is 118 g/mol. The third-order valence-corrected chi connectivity index (χ3v) is 0.699. The predicted molar refractivity (Wildman–Crippen MR) is 28.4 cm³/mol. The highest BCUT2D eigenvalue weighted by atomic mass is 16.3. The Morgan fingerprint density at radius 1 is 1.75 bits per heavy atom. The fourth-order valence-electron chi connectivity index (χ4n) is 0.394. The number of rotatable bonds is 3. The molecular weight excluding hydrogens is 108 g/mol. The van der Waals surface area contributed by atoms with Gasteiger partial charge in [-0.25, -0.2) is 0 Å². The number of carbonyl (C=O) groups excluding carboxylic acids is 1. The molecule has 0 bridgehead atoms. The van der Waals surface area contributed by atoms with E-state index in [1.165, 1.54) is 6.92 Å². The summed E-state index contributed by atoms with van der Waals surface area (Å²) < 4.78 is 0. The summed E-state index contributed by atoms with van der Waals surface area (Å²) in [6.45, 7) is 1.04. The van der Waals surface area contributed by atoms with E-state index < -0.39 is 12.7 Å². The van der Waals surface area contributed by atoms with Crippen LogP contribution in [0.1, 0.15) is 13.3 Å². The van der Waals surface area contributed by atoms with Crippen LogP contribution in [0, 0.1) is 0 Å². The highest BCUT2D eigenvalue weighted by molar-refractivity contribution is 5.79. The van der Waals surface area contributed by atoms with E-state index in [4.69, 9.17) is 10.2 Å². The Hall–Kier alpha value is -0.410. The Labute approximate surface area is 47.9 Å². The van der Waals surface area contributed by atoms with Crippen molar-refractivity contribution in [1.82, 2.24) is 0 Å². The molecule has 0 unspecified atom stereocenters. The molecule has 48 valence electrons. The van der Waals surface area contributed by atoms with Crippen molar-refractivity contribution in [3.63, 3.8) is 0 Å². The molecule has 2 N–H and O–H groups in total. The van der Waals surface area contributed by atoms with Gasteiger partial charge in [0.05, 0.1) is 6.10 Å². The number of hydrogen-bond acceptors (Lipinski definition) is 3. The number of ketones is 1. The Kier molecular flexibility index (Phi) is 3.39. The van der Waals surface area contributed by atoms with Gasteiger partial charge >= 0.3 is 0 Å². The summed E-state index contributed by atoms with van der Waals surface area (Å²) in [5, 5.41) is 16.6. The topological polar surface area (TPSA) is 57.5 Å². The molecular formula is C5H10O3. The van der Waals surface area contributed by atoms with Crippen LogP contribution in [-0.2, 0) is 4.79 Å². The summed E-state index contributed by atoms with van der Waals surface area (Å²) in [6, 6.07) is 0. The normalized spacial score (nSPS) is 13.4. The molecule has 0 fully saturated rings. The number of Topliss-reactive ketones (excluding diaryl/α,β-unsaturated/α-hetero) is 1. The Morgan fingerprint density at radius 3 is 2.38 bits per heavy atom. The summed E-state index contributed by atoms with van der Waals surface area (Å²) in [4.78, 5) is 10.2. The van der Waals surface area contributed by atoms with Crippen LogP contribution in [0.4, 0.5) is 0 Å². The summed E-state index contributed by atoms with van der Waals surface area (Å²) in [5.41, 5.74) is 0. The van der Waals surface area contributed by atoms with Crippen molar-refractivity contribution in [2.24, 2.45) is 0 Å². The Morgan fingerprint density at radius 2 is 2.25 bits per heavy atom. The molecule has 3 nitrogen and oxygen atoms in total. The van der Waals surface area contributed by atoms with E-state index in [0.717, 1.165) is 0 Å². The first kappa shape index (κ1) is 7.59. The third kappa shape index (κ3) is 3.77. The van der Waals surface area contributed by atoms with Crippen LogP contribution < -0.4 is 0 Å². The lowest BCUT2D eigenvalue weighted by Gasteiger charge is -1.97. The van der Waals surface area contributed by atoms with Crippen molar-refractivity contribution in [2.75, 3.05) is 6.61 Å². The monoisotopic (exact) mass is 118 g/mol. The van der Waals surface area contributed by atoms with E-state index in [1.54, 1.807) is 0 Å². The summed E-state index contributed by atoms with van der Waals surface area (Å²) in [6.07, 6.45) is -0.578. The van der Waals surface area contributed by atoms with Crippen molar-refractivity contribution in [3.05, 3.63) is 0 Å². The van der Waals surface area contributed by atoms with Crippen LogP contribution in [0.15, 0.2) is 0 Å². The molecule has 0 aromatic carbocycles. The molecule has 0 aliphatic rings. The molecule has 0 saturated carbocycles. The lowest BCUT2D eigenvalue weighted by atomic mass is 10.2. The molecule has 3 heteroatoms. The second-order valence-electron chi connectivity index (χ2n) is 1.75. The first-order chi connectivity index (χ1) is 3.66. The number of aliphatic hydroxyl groups excluding tert-OH is 2. The molecule has 0 saturated heterocycles. The van der Waals surface area contributed by atoms with Gasteiger partial charge in [0.15, 0.2) is 5.78 Å². The average Bonchev–Trinajstić information content (AvgIpc) is 1.65. The third-order valence-electron chi connectivity index (χ3n) is 0.699. The van der Waals surface area contributed by atoms with Gasteiger partial charge in [-0.2, -0.15) is 0 Å². The fraction of sp³-hybridized carbons (Fsp3) is 0.800. The van der Waals surface area contributed by atoms with Gasteiger partial charge in [0.25, 0.3) is 0 Å². The minimum atomic E-state index is -0.630. The molecule has 0 aliphatic heterocycles. The fourth-order valence-corrected chi connectivity index (χ4v) is 0.394. The van der Waals surface area contributed by atoms with Crippen LogP contribution in [0.3, 0.4) is 0 Å². The minimum Gasteiger partial charge on any atom is -0.393 e. The number of hydrogen-bond donors (Lipinski definition) is 2. The SMILES string of the molecule is C[C@H](O)CC(=O)CO. The van der Waals surface area contributed by atoms with Gasteiger partial charge in [0.2, 0.25) is 0 Å². The van der Waals surface area contributed by atoms with Crippen molar-refractivity contribution in [1.29, 1.82) is 0 Å². The van der Waals surface area contributed by atoms with Crippen LogP contribution in [-0.4, -0.2) is 28.7 Å². The predicted octanol–water partition coefficient (Wildman–Crippen LogP) is -0.681. The minimum absolute atomic E-state index is 0.0521. The molecule has 8 heavy (non-hydrogen) atoms. The number of aliphatic hydroxyl groups is 2. The summed E-state index contributed by atoms with van der Waals surface area (Å²) in [7, 11) is 0. The molecule has 0 aromatic rings. The van der Waals surface area contributed by atoms with E-state index in [-0.39, 0.29) is 12.2 Å². The van der Waals surface area contributed by atoms with E-state index in [9.17, 15) is 4.79 Å². The Bertz CT molecular complexity index is 77.7. The largest absolute Gasteiger partial charge is 0.393 e. The standard InChI is InChI=1S/C5H10O3/c1-4(7)2-5(8)3-6/h4,6-7H,2-3H2,1H3/t4-/m0/s1. The van der Waals surface area contributed by atoms with Crippen LogP contribution in [0.25, 0.3) is 0 Å². The molecule has 0 aromatic heterocycles. The highest BCUT2D eigenvalue weighted by Crippen LogP contribution is 1.88. The van der Waals surface area contributed by atoms with Gasteiger partial charge in [-0.1, -0.05) is 0 Å². The second-order valence-corrected chi connectivity index (χ2v) is 1.75. The van der Waals surface area contributed by atoms with Gasteiger partial charge in [0, 0.05) is 6.42 Å². The first-order valence-electron chi connectivity index (χ1n) is 2.47. The van der Waals surface area contributed by atoms with E-state index in [1.807, 2.05) is 0 Å². The zero-order valence-corrected chi connectivity index (χ0v) is 4.79. The molecule has 0 spiro atoms. The van der Waals surface area contributed by atoms with E-state index in [2.05, 4.69) is 0 Å². The van der Waals surface area contributed by atoms with Gasteiger partial charge in [0.1, 0.15) is 6.61 Å². The van der Waals surface area contributed by atoms with Gasteiger partial charge in [-0.15, -0.1) is 0 Å². The van der Waals surface area contributed by atoms with Crippen LogP contribution >= 0.6 is 0 Å². The van der Waals surface area contributed by atoms with Crippen LogP contribution in [0.5, 0.6) is 0 Å². The van der Waals surface area contributed by atoms with Crippen molar-refractivity contribution in [3.8, 4) is 0 Å². The van der Waals surface area contributed by atoms with Crippen LogP contribution in [0.2, 0.25) is 0 Å². The smallest absolute Gasteiger partial charge is 0.160 e. The quantitative estimate of drug-likeness (QED) is 0.516. The Balaban J connectivity index is 3.25. The first-order valence-corrected chi connectivity index (χ1v) is 2.47. The number of carbonyl (C=O) groups is 1. The zero-order valence-electron chi connectivity index (χ0n) is 4.79. The van der Waals surface area contributed by atoms with Gasteiger partial charge < -0.3 is 10.2 Å². The van der Waals surface area contributed by atoms with E-state index in [0.29, 0.717) is 0 Å². The zero-order chi connectivity index (χ0) is 6.57. The van der Waals surface area contributed by atoms with Crippen molar-refractivity contribution < 1.29 is 15.0 Å². The molecule has 0 rings (SSSR count). The summed E-state index contributed by atoms with van der Waals surface area (Å²) >= 11 is 0. The maximum atomic E-state index is 10.2. The second kappa shape index (κ2) is 3.57. The maximum absolute atomic E-state index is 10.2. The molecule has 0 aliphatic carbocycles. The highest BCUT2D eigenvalue weighted by Gasteiger charge is 2.02.